The van der Waals surface area contributed by atoms with Gasteiger partial charge in [0, 0.05) is 40.9 Å². The summed E-state index contributed by atoms with van der Waals surface area (Å²) in [6.07, 6.45) is 6.35. The van der Waals surface area contributed by atoms with Crippen molar-refractivity contribution in [2.75, 3.05) is 5.73 Å². The maximum Gasteiger partial charge on any atom is 0.292 e. The predicted octanol–water partition coefficient (Wildman–Crippen LogP) is 4.36. The van der Waals surface area contributed by atoms with Crippen molar-refractivity contribution in [1.82, 2.24) is 39.7 Å². The quantitative estimate of drug-likeness (QED) is 0.299. The van der Waals surface area contributed by atoms with Gasteiger partial charge in [0.25, 0.3) is 5.91 Å². The number of aryl methyl sites for hydroxylation is 1. The van der Waals surface area contributed by atoms with E-state index >= 15 is 0 Å². The normalized spacial score (nSPS) is 19.9. The molecule has 2 fully saturated rings. The first-order valence-electron chi connectivity index (χ1n) is 13.9. The van der Waals surface area contributed by atoms with Crippen molar-refractivity contribution in [3.8, 4) is 22.4 Å². The van der Waals surface area contributed by atoms with Crippen LogP contribution in [-0.4, -0.2) is 63.4 Å². The van der Waals surface area contributed by atoms with Gasteiger partial charge in [0.2, 0.25) is 5.82 Å². The molecule has 4 aromatic heterocycles. The molecule has 0 radical (unpaired) electrons. The van der Waals surface area contributed by atoms with Gasteiger partial charge < -0.3 is 15.6 Å². The summed E-state index contributed by atoms with van der Waals surface area (Å²) in [6, 6.07) is 10.1. The molecule has 2 bridgehead atoms. The molecule has 1 aromatic carbocycles. The summed E-state index contributed by atoms with van der Waals surface area (Å²) in [6.45, 7) is 3.25. The average Bonchev–Trinajstić information content (AvgIpc) is 3.68. The highest BCUT2D eigenvalue weighted by atomic mass is 19.1. The SMILES string of the molecule is CC(=O)c1c([C@@H]2C[C@H]3CC[C@@H](C2)N3C(=O)c2nnc(C)[nH]2)nc2c(-c3ccc(-c4ccccc4F)nc3)cnn2c1N. The zero-order valence-electron chi connectivity index (χ0n) is 23.1. The molecule has 2 aliphatic rings. The number of nitrogens with two attached hydrogens (primary N) is 1. The summed E-state index contributed by atoms with van der Waals surface area (Å²) < 4.78 is 15.8. The standard InChI is InChI=1S/C30H28FN9O2/c1-15(41)25-26(18-11-19-8-9-20(12-18)39(19)30(42)28-35-16(2)37-38-28)36-29-22(14-34-40(29)27(25)32)17-7-10-24(33-13-17)21-5-3-4-6-23(21)31/h3-7,10,13-14,18-20H,8-9,11-12,32H2,1-2H3,(H,35,37,38)/t18-,19-,20+. The molecule has 212 valence electrons. The van der Waals surface area contributed by atoms with Crippen molar-refractivity contribution in [3.05, 3.63) is 77.5 Å². The Labute approximate surface area is 240 Å². The van der Waals surface area contributed by atoms with Gasteiger partial charge in [-0.1, -0.05) is 18.2 Å². The highest BCUT2D eigenvalue weighted by Gasteiger charge is 2.46. The fourth-order valence-corrected chi connectivity index (χ4v) is 6.57. The maximum absolute atomic E-state index is 14.3. The third kappa shape index (κ3) is 4.13. The van der Waals surface area contributed by atoms with Crippen LogP contribution in [0.4, 0.5) is 10.2 Å². The smallest absolute Gasteiger partial charge is 0.292 e. The Morgan fingerprint density at radius 1 is 1.02 bits per heavy atom. The van der Waals surface area contributed by atoms with E-state index in [1.807, 2.05) is 11.0 Å². The molecule has 6 heterocycles. The van der Waals surface area contributed by atoms with Crippen molar-refractivity contribution in [2.45, 2.75) is 57.5 Å². The number of benzene rings is 1. The van der Waals surface area contributed by atoms with Gasteiger partial charge in [0.15, 0.2) is 11.4 Å². The van der Waals surface area contributed by atoms with E-state index in [2.05, 4.69) is 25.3 Å². The summed E-state index contributed by atoms with van der Waals surface area (Å²) in [7, 11) is 0. The molecule has 5 aromatic rings. The van der Waals surface area contributed by atoms with Gasteiger partial charge >= 0.3 is 0 Å². The fraction of sp³-hybridized carbons (Fsp3) is 0.300. The third-order valence-corrected chi connectivity index (χ3v) is 8.44. The number of fused-ring (bicyclic) bond motifs is 3. The summed E-state index contributed by atoms with van der Waals surface area (Å²) >= 11 is 0. The molecule has 3 atom stereocenters. The lowest BCUT2D eigenvalue weighted by Gasteiger charge is -2.38. The number of H-pyrrole nitrogens is 1. The van der Waals surface area contributed by atoms with Crippen molar-refractivity contribution in [1.29, 1.82) is 0 Å². The molecule has 0 aliphatic carbocycles. The molecule has 11 nitrogen and oxygen atoms in total. The van der Waals surface area contributed by atoms with Crippen LogP contribution in [0.25, 0.3) is 28.0 Å². The van der Waals surface area contributed by atoms with Crippen LogP contribution in [-0.2, 0) is 0 Å². The van der Waals surface area contributed by atoms with Crippen LogP contribution in [0, 0.1) is 12.7 Å². The highest BCUT2D eigenvalue weighted by Crippen LogP contribution is 2.45. The van der Waals surface area contributed by atoms with Crippen LogP contribution in [0.2, 0.25) is 0 Å². The highest BCUT2D eigenvalue weighted by molar-refractivity contribution is 6.00. The lowest BCUT2D eigenvalue weighted by molar-refractivity contribution is 0.0556. The van der Waals surface area contributed by atoms with Gasteiger partial charge in [0.1, 0.15) is 17.5 Å². The van der Waals surface area contributed by atoms with E-state index < -0.39 is 0 Å². The monoisotopic (exact) mass is 565 g/mol. The van der Waals surface area contributed by atoms with Gasteiger partial charge in [0.05, 0.1) is 23.1 Å². The van der Waals surface area contributed by atoms with Crippen LogP contribution in [0.1, 0.15) is 71.0 Å². The number of Topliss-reactive ketones (excluding diaryl/α,β-unsaturated/α-hetero) is 1. The van der Waals surface area contributed by atoms with Gasteiger partial charge in [-0.2, -0.15) is 9.61 Å². The molecule has 3 N–H and O–H groups in total. The van der Waals surface area contributed by atoms with Crippen molar-refractivity contribution < 1.29 is 14.0 Å². The number of nitrogens with one attached hydrogen (secondary N) is 1. The summed E-state index contributed by atoms with van der Waals surface area (Å²) in [5, 5.41) is 12.4. The first kappa shape index (κ1) is 25.9. The molecule has 12 heteroatoms. The number of piperidine rings is 1. The minimum absolute atomic E-state index is 0.00905. The number of aromatic amines is 1. The Morgan fingerprint density at radius 3 is 2.43 bits per heavy atom. The number of ketones is 1. The van der Waals surface area contributed by atoms with Crippen LogP contribution in [0.15, 0.2) is 48.8 Å². The molecule has 42 heavy (non-hydrogen) atoms. The van der Waals surface area contributed by atoms with E-state index in [1.54, 1.807) is 43.6 Å². The summed E-state index contributed by atoms with van der Waals surface area (Å²) in [5.74, 6) is 0.310. The van der Waals surface area contributed by atoms with Crippen LogP contribution in [0.3, 0.4) is 0 Å². The Hall–Kier alpha value is -5.00. The first-order valence-corrected chi connectivity index (χ1v) is 13.9. The summed E-state index contributed by atoms with van der Waals surface area (Å²) in [4.78, 5) is 40.6. The second kappa shape index (κ2) is 9.82. The van der Waals surface area contributed by atoms with E-state index in [4.69, 9.17) is 10.7 Å². The zero-order chi connectivity index (χ0) is 29.1. The van der Waals surface area contributed by atoms with Crippen molar-refractivity contribution >= 4 is 23.2 Å². The molecule has 7 rings (SSSR count). The molecular formula is C30H28FN9O2. The van der Waals surface area contributed by atoms with Gasteiger partial charge in [-0.15, -0.1) is 10.2 Å². The van der Waals surface area contributed by atoms with Crippen molar-refractivity contribution in [3.63, 3.8) is 0 Å². The Morgan fingerprint density at radius 2 is 1.79 bits per heavy atom. The van der Waals surface area contributed by atoms with Gasteiger partial charge in [-0.05, 0) is 57.7 Å². The fourth-order valence-electron chi connectivity index (χ4n) is 6.57. The second-order valence-electron chi connectivity index (χ2n) is 11.0. The molecule has 2 aliphatic heterocycles. The predicted molar refractivity (Wildman–Crippen MR) is 152 cm³/mol. The molecule has 0 unspecified atom stereocenters. The van der Waals surface area contributed by atoms with E-state index in [1.165, 1.54) is 17.5 Å². The molecule has 0 saturated carbocycles. The number of hydrogen-bond acceptors (Lipinski definition) is 8. The van der Waals surface area contributed by atoms with E-state index in [0.717, 1.165) is 18.4 Å². The molecular weight excluding hydrogens is 537 g/mol. The number of aromatic nitrogens is 7. The van der Waals surface area contributed by atoms with E-state index in [9.17, 15) is 14.0 Å². The Kier molecular flexibility index (Phi) is 6.07. The zero-order valence-corrected chi connectivity index (χ0v) is 23.1. The number of anilines is 1. The lowest BCUT2D eigenvalue weighted by Crippen LogP contribution is -2.46. The number of nitrogen functional groups attached to an aromatic ring is 1. The van der Waals surface area contributed by atoms with Gasteiger partial charge in [-0.3, -0.25) is 14.6 Å². The molecule has 1 amide bonds. The topological polar surface area (TPSA) is 148 Å². The van der Waals surface area contributed by atoms with E-state index in [0.29, 0.717) is 52.4 Å². The third-order valence-electron chi connectivity index (χ3n) is 8.44. The van der Waals surface area contributed by atoms with E-state index in [-0.39, 0.29) is 47.2 Å². The number of amides is 1. The minimum Gasteiger partial charge on any atom is -0.383 e. The Balaban J connectivity index is 1.25. The summed E-state index contributed by atoms with van der Waals surface area (Å²) in [5.41, 5.74) is 10.4. The molecule has 2 saturated heterocycles. The van der Waals surface area contributed by atoms with Crippen LogP contribution < -0.4 is 5.73 Å². The average molecular weight is 566 g/mol. The number of carbonyl (C=O) groups is 2. The number of pyridine rings is 1. The Bertz CT molecular complexity index is 1850. The second-order valence-corrected chi connectivity index (χ2v) is 11.0. The van der Waals surface area contributed by atoms with Crippen molar-refractivity contribution in [2.24, 2.45) is 0 Å². The number of nitrogens with zero attached hydrogens (tertiary/aromatic N) is 7. The van der Waals surface area contributed by atoms with Crippen LogP contribution >= 0.6 is 0 Å². The maximum atomic E-state index is 14.3. The molecule has 0 spiro atoms. The minimum atomic E-state index is -0.345. The number of rotatable bonds is 5. The lowest BCUT2D eigenvalue weighted by atomic mass is 9.85. The van der Waals surface area contributed by atoms with Crippen LogP contribution in [0.5, 0.6) is 0 Å². The number of carbonyl (C=O) groups excluding carboxylic acids is 2. The first-order chi connectivity index (χ1) is 20.3. The number of halogens is 1. The number of hydrogen-bond donors (Lipinski definition) is 2. The largest absolute Gasteiger partial charge is 0.383 e. The van der Waals surface area contributed by atoms with Gasteiger partial charge in [-0.25, -0.2) is 9.37 Å².